The summed E-state index contributed by atoms with van der Waals surface area (Å²) in [7, 11) is 0. The van der Waals surface area contributed by atoms with Gasteiger partial charge in [-0.3, -0.25) is 9.47 Å². The second-order valence-electron chi connectivity index (χ2n) is 7.08. The molecule has 0 aliphatic carbocycles. The fourth-order valence-corrected chi connectivity index (χ4v) is 4.25. The summed E-state index contributed by atoms with van der Waals surface area (Å²) in [6.45, 7) is 4.18. The van der Waals surface area contributed by atoms with Gasteiger partial charge in [-0.25, -0.2) is 4.98 Å². The van der Waals surface area contributed by atoms with Crippen LogP contribution in [0.4, 0.5) is 0 Å². The number of thioether (sulfide) groups is 1. The predicted molar refractivity (Wildman–Crippen MR) is 117 cm³/mol. The Balaban J connectivity index is 1.47. The number of hydrogen-bond donors (Lipinski definition) is 0. The average Bonchev–Trinajstić information content (AvgIpc) is 3.20. The minimum atomic E-state index is 0.746. The summed E-state index contributed by atoms with van der Waals surface area (Å²) < 4.78 is 8.19. The first-order valence-corrected chi connectivity index (χ1v) is 11.2. The third-order valence-corrected chi connectivity index (χ3v) is 5.85. The zero-order valence-electron chi connectivity index (χ0n) is 16.4. The van der Waals surface area contributed by atoms with Gasteiger partial charge >= 0.3 is 0 Å². The zero-order valence-corrected chi connectivity index (χ0v) is 17.2. The van der Waals surface area contributed by atoms with Crippen LogP contribution in [-0.2, 0) is 0 Å². The van der Waals surface area contributed by atoms with Crippen molar-refractivity contribution < 1.29 is 4.74 Å². The van der Waals surface area contributed by atoms with Crippen LogP contribution in [-0.4, -0.2) is 46.9 Å². The van der Waals surface area contributed by atoms with Gasteiger partial charge in [-0.15, -0.1) is 0 Å². The van der Waals surface area contributed by atoms with E-state index < -0.39 is 0 Å². The molecule has 0 atom stereocenters. The predicted octanol–water partition coefficient (Wildman–Crippen LogP) is 5.13. The molecule has 1 aliphatic rings. The largest absolute Gasteiger partial charge is 0.492 e. The third kappa shape index (κ3) is 4.42. The van der Waals surface area contributed by atoms with Gasteiger partial charge in [0.2, 0.25) is 0 Å². The topological polar surface area (TPSA) is 30.3 Å². The minimum Gasteiger partial charge on any atom is -0.492 e. The molecule has 1 aromatic heterocycles. The van der Waals surface area contributed by atoms with Crippen molar-refractivity contribution in [1.29, 1.82) is 0 Å². The first-order valence-electron chi connectivity index (χ1n) is 9.98. The standard InChI is InChI=1S/C23H27N3OS/c1-28-23-24-18-22(19-8-4-2-5-9-19)26(23)20-10-12-21(13-11-20)27-17-16-25-14-6-3-7-15-25/h2,4-5,8-13,18H,3,6-7,14-17H2,1H3. The number of nitrogens with zero attached hydrogens (tertiary/aromatic N) is 3. The van der Waals surface area contributed by atoms with E-state index in [1.54, 1.807) is 11.8 Å². The highest BCUT2D eigenvalue weighted by Gasteiger charge is 2.13. The van der Waals surface area contributed by atoms with Crippen LogP contribution in [0.15, 0.2) is 66.0 Å². The monoisotopic (exact) mass is 393 g/mol. The summed E-state index contributed by atoms with van der Waals surface area (Å²) in [5.74, 6) is 0.924. The summed E-state index contributed by atoms with van der Waals surface area (Å²) in [5, 5.41) is 0.984. The molecule has 1 saturated heterocycles. The van der Waals surface area contributed by atoms with Gasteiger partial charge in [0.05, 0.1) is 11.9 Å². The first kappa shape index (κ1) is 19.1. The lowest BCUT2D eigenvalue weighted by Gasteiger charge is -2.26. The summed E-state index contributed by atoms with van der Waals surface area (Å²) in [4.78, 5) is 7.10. The molecule has 3 aromatic rings. The van der Waals surface area contributed by atoms with Gasteiger partial charge in [0.15, 0.2) is 5.16 Å². The molecule has 0 unspecified atom stereocenters. The normalized spacial score (nSPS) is 14.9. The van der Waals surface area contributed by atoms with Crippen LogP contribution in [0.1, 0.15) is 19.3 Å². The van der Waals surface area contributed by atoms with Gasteiger partial charge in [0.25, 0.3) is 0 Å². The van der Waals surface area contributed by atoms with Crippen molar-refractivity contribution in [3.8, 4) is 22.7 Å². The van der Waals surface area contributed by atoms with Crippen LogP contribution in [0.5, 0.6) is 5.75 Å². The molecule has 2 heterocycles. The summed E-state index contributed by atoms with van der Waals surface area (Å²) in [5.41, 5.74) is 3.37. The number of aromatic nitrogens is 2. The van der Waals surface area contributed by atoms with E-state index in [2.05, 4.69) is 69.2 Å². The quantitative estimate of drug-likeness (QED) is 0.521. The van der Waals surface area contributed by atoms with E-state index >= 15 is 0 Å². The molecular formula is C23H27N3OS. The maximum atomic E-state index is 5.98. The molecule has 4 rings (SSSR count). The third-order valence-electron chi connectivity index (χ3n) is 5.20. The number of benzene rings is 2. The Morgan fingerprint density at radius 1 is 0.964 bits per heavy atom. The second-order valence-corrected chi connectivity index (χ2v) is 7.85. The summed E-state index contributed by atoms with van der Waals surface area (Å²) in [6.07, 6.45) is 8.02. The van der Waals surface area contributed by atoms with Gasteiger partial charge < -0.3 is 4.74 Å². The van der Waals surface area contributed by atoms with Gasteiger partial charge in [-0.1, -0.05) is 48.5 Å². The Kier molecular flexibility index (Phi) is 6.34. The van der Waals surface area contributed by atoms with Crippen LogP contribution in [0.2, 0.25) is 0 Å². The molecule has 4 nitrogen and oxygen atoms in total. The fraction of sp³-hybridized carbons (Fsp3) is 0.348. The maximum absolute atomic E-state index is 5.98. The Morgan fingerprint density at radius 3 is 2.43 bits per heavy atom. The number of imidazole rings is 1. The van der Waals surface area contributed by atoms with E-state index in [4.69, 9.17) is 4.74 Å². The first-order chi connectivity index (χ1) is 13.8. The molecule has 28 heavy (non-hydrogen) atoms. The molecule has 5 heteroatoms. The Labute approximate surface area is 171 Å². The molecule has 0 amide bonds. The summed E-state index contributed by atoms with van der Waals surface area (Å²) >= 11 is 1.65. The van der Waals surface area contributed by atoms with Gasteiger partial charge in [-0.2, -0.15) is 0 Å². The van der Waals surface area contributed by atoms with Crippen LogP contribution in [0.3, 0.4) is 0 Å². The average molecular weight is 394 g/mol. The van der Waals surface area contributed by atoms with Crippen LogP contribution in [0, 0.1) is 0 Å². The van der Waals surface area contributed by atoms with E-state index in [1.165, 1.54) is 32.4 Å². The van der Waals surface area contributed by atoms with Gasteiger partial charge in [0.1, 0.15) is 12.4 Å². The van der Waals surface area contributed by atoms with Crippen molar-refractivity contribution >= 4 is 11.8 Å². The van der Waals surface area contributed by atoms with E-state index in [0.29, 0.717) is 0 Å². The number of rotatable bonds is 7. The Hall–Kier alpha value is -2.24. The van der Waals surface area contributed by atoms with Crippen LogP contribution >= 0.6 is 11.8 Å². The fourth-order valence-electron chi connectivity index (χ4n) is 3.71. The number of hydrogen-bond acceptors (Lipinski definition) is 4. The van der Waals surface area contributed by atoms with Gasteiger partial charge in [-0.05, 0) is 56.5 Å². The van der Waals surface area contributed by atoms with Crippen molar-refractivity contribution in [1.82, 2.24) is 14.5 Å². The zero-order chi connectivity index (χ0) is 19.2. The van der Waals surface area contributed by atoms with Crippen LogP contribution in [0.25, 0.3) is 16.9 Å². The lowest BCUT2D eigenvalue weighted by molar-refractivity contribution is 0.183. The molecule has 1 fully saturated rings. The molecular weight excluding hydrogens is 366 g/mol. The van der Waals surface area contributed by atoms with Crippen molar-refractivity contribution in [3.05, 3.63) is 60.8 Å². The van der Waals surface area contributed by atoms with Crippen molar-refractivity contribution in [2.24, 2.45) is 0 Å². The Bertz CT molecular complexity index is 871. The molecule has 1 aliphatic heterocycles. The molecule has 0 spiro atoms. The smallest absolute Gasteiger partial charge is 0.172 e. The van der Waals surface area contributed by atoms with Crippen molar-refractivity contribution in [3.63, 3.8) is 0 Å². The SMILES string of the molecule is CSc1ncc(-c2ccccc2)n1-c1ccc(OCCN2CCCCC2)cc1. The highest BCUT2D eigenvalue weighted by Crippen LogP contribution is 2.29. The molecule has 146 valence electrons. The minimum absolute atomic E-state index is 0.746. The van der Waals surface area contributed by atoms with Crippen molar-refractivity contribution in [2.75, 3.05) is 32.5 Å². The second kappa shape index (κ2) is 9.30. The van der Waals surface area contributed by atoms with E-state index in [0.717, 1.165) is 41.0 Å². The highest BCUT2D eigenvalue weighted by atomic mass is 32.2. The molecule has 0 bridgehead atoms. The maximum Gasteiger partial charge on any atom is 0.172 e. The molecule has 0 radical (unpaired) electrons. The van der Waals surface area contributed by atoms with Crippen molar-refractivity contribution in [2.45, 2.75) is 24.4 Å². The molecule has 2 aromatic carbocycles. The highest BCUT2D eigenvalue weighted by molar-refractivity contribution is 7.98. The van der Waals surface area contributed by atoms with Crippen LogP contribution < -0.4 is 4.74 Å². The number of likely N-dealkylation sites (tertiary alicyclic amines) is 1. The molecule has 0 N–H and O–H groups in total. The summed E-state index contributed by atoms with van der Waals surface area (Å²) in [6, 6.07) is 18.7. The number of piperidine rings is 1. The van der Waals surface area contributed by atoms with Gasteiger partial charge in [0, 0.05) is 17.8 Å². The Morgan fingerprint density at radius 2 is 1.71 bits per heavy atom. The van der Waals surface area contributed by atoms with E-state index in [-0.39, 0.29) is 0 Å². The lowest BCUT2D eigenvalue weighted by Crippen LogP contribution is -2.33. The number of ether oxygens (including phenoxy) is 1. The molecule has 0 saturated carbocycles. The van der Waals surface area contributed by atoms with E-state index in [9.17, 15) is 0 Å². The van der Waals surface area contributed by atoms with E-state index in [1.807, 2.05) is 12.3 Å². The lowest BCUT2D eigenvalue weighted by atomic mass is 10.1.